The summed E-state index contributed by atoms with van der Waals surface area (Å²) < 4.78 is 28.6. The number of hydrogen-bond donors (Lipinski definition) is 2. The molecule has 2 N–H and O–H groups in total. The number of carbonyl (C=O) groups is 1. The maximum Gasteiger partial charge on any atom is 0.251 e. The van der Waals surface area contributed by atoms with Crippen molar-refractivity contribution in [3.05, 3.63) is 29.3 Å². The molecular weight excluding hydrogens is 386 g/mol. The SMILES string of the molecule is CCOCCCNC(=O)c1ccc(C)c(NC2=N[C@@H]3CS(=O)(=O)C[C@H]3S2)c1. The number of nitrogens with zero attached hydrogens (tertiary/aromatic N) is 1. The Kier molecular flexibility index (Phi) is 6.44. The first-order chi connectivity index (χ1) is 12.9. The monoisotopic (exact) mass is 411 g/mol. The molecule has 0 aliphatic carbocycles. The number of rotatable bonds is 7. The lowest BCUT2D eigenvalue weighted by molar-refractivity contribution is 0.0944. The second kappa shape index (κ2) is 8.62. The lowest BCUT2D eigenvalue weighted by Gasteiger charge is -2.12. The van der Waals surface area contributed by atoms with E-state index in [0.29, 0.717) is 25.3 Å². The van der Waals surface area contributed by atoms with Crippen LogP contribution in [0.25, 0.3) is 0 Å². The largest absolute Gasteiger partial charge is 0.382 e. The average molecular weight is 412 g/mol. The summed E-state index contributed by atoms with van der Waals surface area (Å²) in [5.74, 6) is 0.178. The molecule has 2 aliphatic rings. The second-order valence-corrected chi connectivity index (χ2v) is 10.1. The van der Waals surface area contributed by atoms with Gasteiger partial charge in [-0.15, -0.1) is 0 Å². The Morgan fingerprint density at radius 2 is 2.19 bits per heavy atom. The van der Waals surface area contributed by atoms with Crippen LogP contribution in [-0.4, -0.2) is 62.0 Å². The first kappa shape index (κ1) is 20.2. The Hall–Kier alpha value is -1.58. The van der Waals surface area contributed by atoms with E-state index in [9.17, 15) is 13.2 Å². The molecule has 1 fully saturated rings. The van der Waals surface area contributed by atoms with Gasteiger partial charge in [0.15, 0.2) is 15.0 Å². The van der Waals surface area contributed by atoms with Gasteiger partial charge in [0.2, 0.25) is 0 Å². The van der Waals surface area contributed by atoms with Crippen LogP contribution in [0.4, 0.5) is 5.69 Å². The maximum atomic E-state index is 12.3. The predicted molar refractivity (Wildman–Crippen MR) is 110 cm³/mol. The molecule has 3 rings (SSSR count). The van der Waals surface area contributed by atoms with Crippen LogP contribution in [0, 0.1) is 6.92 Å². The second-order valence-electron chi connectivity index (χ2n) is 6.70. The van der Waals surface area contributed by atoms with Crippen molar-refractivity contribution in [2.45, 2.75) is 31.6 Å². The number of ether oxygens (including phenoxy) is 1. The van der Waals surface area contributed by atoms with Crippen molar-refractivity contribution in [1.29, 1.82) is 0 Å². The van der Waals surface area contributed by atoms with Gasteiger partial charge in [0, 0.05) is 36.3 Å². The van der Waals surface area contributed by atoms with Crippen molar-refractivity contribution in [3.8, 4) is 0 Å². The van der Waals surface area contributed by atoms with Crippen LogP contribution in [-0.2, 0) is 14.6 Å². The van der Waals surface area contributed by atoms with Crippen molar-refractivity contribution in [2.24, 2.45) is 4.99 Å². The van der Waals surface area contributed by atoms with Crippen LogP contribution in [0.1, 0.15) is 29.3 Å². The number of hydrogen-bond acceptors (Lipinski definition) is 7. The average Bonchev–Trinajstić information content (AvgIpc) is 3.09. The summed E-state index contributed by atoms with van der Waals surface area (Å²) >= 11 is 1.47. The standard InChI is InChI=1S/C18H25N3O4S2/c1-3-25-8-4-7-19-17(22)13-6-5-12(2)14(9-13)20-18-21-15-10-27(23,24)11-16(15)26-18/h5-6,9,15-16H,3-4,7-8,10-11H2,1-2H3,(H,19,22)(H,20,21)/t15-,16-/m1/s1. The number of thioether (sulfide) groups is 1. The number of aliphatic imine (C=N–C) groups is 1. The molecule has 0 aromatic heterocycles. The van der Waals surface area contributed by atoms with Crippen molar-refractivity contribution in [3.63, 3.8) is 0 Å². The van der Waals surface area contributed by atoms with Crippen LogP contribution in [0.2, 0.25) is 0 Å². The van der Waals surface area contributed by atoms with Gasteiger partial charge in [-0.2, -0.15) is 0 Å². The highest BCUT2D eigenvalue weighted by atomic mass is 32.2. The summed E-state index contributed by atoms with van der Waals surface area (Å²) in [5, 5.41) is 6.87. The molecule has 1 amide bonds. The van der Waals surface area contributed by atoms with Crippen molar-refractivity contribution < 1.29 is 17.9 Å². The Balaban J connectivity index is 1.60. The van der Waals surface area contributed by atoms with E-state index >= 15 is 0 Å². The molecule has 2 aliphatic heterocycles. The quantitative estimate of drug-likeness (QED) is 0.665. The van der Waals surface area contributed by atoms with Gasteiger partial charge in [-0.1, -0.05) is 17.8 Å². The molecule has 1 aromatic carbocycles. The summed E-state index contributed by atoms with van der Waals surface area (Å²) in [7, 11) is -2.96. The van der Waals surface area contributed by atoms with E-state index in [4.69, 9.17) is 4.74 Å². The zero-order chi connectivity index (χ0) is 19.4. The van der Waals surface area contributed by atoms with Crippen LogP contribution < -0.4 is 10.6 Å². The fourth-order valence-electron chi connectivity index (χ4n) is 3.05. The third kappa shape index (κ3) is 5.24. The minimum Gasteiger partial charge on any atom is -0.382 e. The van der Waals surface area contributed by atoms with Gasteiger partial charge in [0.1, 0.15) is 0 Å². The number of fused-ring (bicyclic) bond motifs is 1. The number of amides is 1. The molecule has 148 valence electrons. The molecule has 7 nitrogen and oxygen atoms in total. The molecule has 0 spiro atoms. The zero-order valence-corrected chi connectivity index (χ0v) is 17.2. The third-order valence-corrected chi connectivity index (χ3v) is 7.66. The lowest BCUT2D eigenvalue weighted by atomic mass is 10.1. The van der Waals surface area contributed by atoms with Crippen LogP contribution in [0.3, 0.4) is 0 Å². The van der Waals surface area contributed by atoms with Gasteiger partial charge < -0.3 is 15.4 Å². The zero-order valence-electron chi connectivity index (χ0n) is 15.5. The summed E-state index contributed by atoms with van der Waals surface area (Å²) in [5.41, 5.74) is 2.38. The molecule has 1 saturated heterocycles. The van der Waals surface area contributed by atoms with Gasteiger partial charge in [0.05, 0.1) is 17.5 Å². The number of benzene rings is 1. The fraction of sp³-hybridized carbons (Fsp3) is 0.556. The van der Waals surface area contributed by atoms with Gasteiger partial charge in [-0.3, -0.25) is 9.79 Å². The fourth-order valence-corrected chi connectivity index (χ4v) is 6.72. The molecule has 2 heterocycles. The number of aryl methyl sites for hydroxylation is 1. The van der Waals surface area contributed by atoms with Crippen molar-refractivity contribution >= 4 is 38.4 Å². The molecule has 0 bridgehead atoms. The van der Waals surface area contributed by atoms with Gasteiger partial charge in [-0.05, 0) is 38.0 Å². The Bertz CT molecular complexity index is 839. The van der Waals surface area contributed by atoms with E-state index in [1.807, 2.05) is 19.9 Å². The molecule has 0 unspecified atom stereocenters. The lowest BCUT2D eigenvalue weighted by Crippen LogP contribution is -2.25. The minimum atomic E-state index is -2.96. The normalized spacial score (nSPS) is 23.0. The Morgan fingerprint density at radius 1 is 1.37 bits per heavy atom. The van der Waals surface area contributed by atoms with Crippen LogP contribution in [0.5, 0.6) is 0 Å². The van der Waals surface area contributed by atoms with Crippen LogP contribution >= 0.6 is 11.8 Å². The smallest absolute Gasteiger partial charge is 0.251 e. The molecule has 0 radical (unpaired) electrons. The highest BCUT2D eigenvalue weighted by Gasteiger charge is 2.42. The molecule has 27 heavy (non-hydrogen) atoms. The van der Waals surface area contributed by atoms with Crippen LogP contribution in [0.15, 0.2) is 23.2 Å². The first-order valence-corrected chi connectivity index (χ1v) is 11.8. The molecule has 2 atom stereocenters. The molecule has 0 saturated carbocycles. The van der Waals surface area contributed by atoms with Crippen molar-refractivity contribution in [1.82, 2.24) is 5.32 Å². The first-order valence-electron chi connectivity index (χ1n) is 9.06. The number of amidine groups is 1. The van der Waals surface area contributed by atoms with E-state index in [-0.39, 0.29) is 28.7 Å². The van der Waals surface area contributed by atoms with Gasteiger partial charge in [-0.25, -0.2) is 8.42 Å². The van der Waals surface area contributed by atoms with Gasteiger partial charge in [0.25, 0.3) is 5.91 Å². The van der Waals surface area contributed by atoms with E-state index in [2.05, 4.69) is 15.6 Å². The number of anilines is 1. The number of sulfone groups is 1. The highest BCUT2D eigenvalue weighted by molar-refractivity contribution is 8.15. The Morgan fingerprint density at radius 3 is 2.93 bits per heavy atom. The minimum absolute atomic E-state index is 0.00497. The van der Waals surface area contributed by atoms with Crippen molar-refractivity contribution in [2.75, 3.05) is 36.6 Å². The summed E-state index contributed by atoms with van der Waals surface area (Å²) in [6.07, 6.45) is 0.773. The van der Waals surface area contributed by atoms with E-state index in [1.54, 1.807) is 12.1 Å². The number of nitrogens with one attached hydrogen (secondary N) is 2. The Labute approximate surface area is 164 Å². The summed E-state index contributed by atoms with van der Waals surface area (Å²) in [4.78, 5) is 16.8. The van der Waals surface area contributed by atoms with Gasteiger partial charge >= 0.3 is 0 Å². The van der Waals surface area contributed by atoms with E-state index in [1.165, 1.54) is 11.8 Å². The topological polar surface area (TPSA) is 96.9 Å². The third-order valence-electron chi connectivity index (χ3n) is 4.51. The number of carbonyl (C=O) groups excluding carboxylic acids is 1. The highest BCUT2D eigenvalue weighted by Crippen LogP contribution is 2.35. The summed E-state index contributed by atoms with van der Waals surface area (Å²) in [6.45, 7) is 5.77. The predicted octanol–water partition coefficient (Wildman–Crippen LogP) is 1.83. The molecule has 9 heteroatoms. The molecular formula is C18H25N3O4S2. The van der Waals surface area contributed by atoms with E-state index < -0.39 is 9.84 Å². The molecule has 1 aromatic rings. The maximum absolute atomic E-state index is 12.3. The summed E-state index contributed by atoms with van der Waals surface area (Å²) in [6, 6.07) is 5.33. The van der Waals surface area contributed by atoms with E-state index in [0.717, 1.165) is 22.8 Å².